The average Bonchev–Trinajstić information content (AvgIpc) is 1.95. The van der Waals surface area contributed by atoms with Gasteiger partial charge in [-0.05, 0) is 20.8 Å². The predicted octanol–water partition coefficient (Wildman–Crippen LogP) is 1.04. The lowest BCUT2D eigenvalue weighted by Crippen LogP contribution is -2.26. The fraction of sp³-hybridized carbons (Fsp3) is 0.556. The first-order chi connectivity index (χ1) is 6.63. The second-order valence-corrected chi connectivity index (χ2v) is 3.80. The van der Waals surface area contributed by atoms with Gasteiger partial charge in [-0.3, -0.25) is 4.79 Å². The number of hydrogen-bond donors (Lipinski definition) is 1. The van der Waals surface area contributed by atoms with Crippen molar-refractivity contribution in [1.29, 1.82) is 0 Å². The molecule has 1 N–H and O–H groups in total. The molecule has 0 aromatic heterocycles. The average molecular weight is 215 g/mol. The molecule has 6 nitrogen and oxygen atoms in total. The van der Waals surface area contributed by atoms with Gasteiger partial charge >= 0.3 is 12.1 Å². The molecule has 0 heterocycles. The van der Waals surface area contributed by atoms with Crippen LogP contribution in [0.2, 0.25) is 0 Å². The van der Waals surface area contributed by atoms with Crippen LogP contribution in [0.5, 0.6) is 0 Å². The second kappa shape index (κ2) is 4.68. The number of rotatable bonds is 2. The highest BCUT2D eigenvalue weighted by Gasteiger charge is 2.21. The van der Waals surface area contributed by atoms with Crippen LogP contribution in [0.3, 0.4) is 0 Å². The zero-order chi connectivity index (χ0) is 12.2. The summed E-state index contributed by atoms with van der Waals surface area (Å²) in [5.41, 5.74) is -1.61. The van der Waals surface area contributed by atoms with Crippen molar-refractivity contribution in [1.82, 2.24) is 0 Å². The zero-order valence-electron chi connectivity index (χ0n) is 9.03. The summed E-state index contributed by atoms with van der Waals surface area (Å²) in [6.45, 7) is 5.83. The molecule has 0 aliphatic rings. The maximum Gasteiger partial charge on any atom is 0.435 e. The standard InChI is InChI=1S/C9H13NO5/c1-5(11)6(7(12)13)10-8(14)15-9(2,3)4/h1-4H3,(H,12,13)/b10-6-. The van der Waals surface area contributed by atoms with Gasteiger partial charge in [-0.25, -0.2) is 9.59 Å². The molecule has 0 fully saturated rings. The van der Waals surface area contributed by atoms with Gasteiger partial charge in [0.05, 0.1) is 0 Å². The van der Waals surface area contributed by atoms with Gasteiger partial charge in [0.15, 0.2) is 11.5 Å². The van der Waals surface area contributed by atoms with Crippen LogP contribution in [0.1, 0.15) is 27.7 Å². The zero-order valence-corrected chi connectivity index (χ0v) is 9.03. The minimum Gasteiger partial charge on any atom is -0.476 e. The molecule has 0 rings (SSSR count). The summed E-state index contributed by atoms with van der Waals surface area (Å²) in [5.74, 6) is -2.35. The van der Waals surface area contributed by atoms with Gasteiger partial charge < -0.3 is 9.84 Å². The summed E-state index contributed by atoms with van der Waals surface area (Å²) in [4.78, 5) is 35.4. The first-order valence-corrected chi connectivity index (χ1v) is 4.19. The lowest BCUT2D eigenvalue weighted by Gasteiger charge is -2.17. The first-order valence-electron chi connectivity index (χ1n) is 4.19. The highest BCUT2D eigenvalue weighted by molar-refractivity contribution is 6.64. The monoisotopic (exact) mass is 215 g/mol. The van der Waals surface area contributed by atoms with E-state index in [0.29, 0.717) is 0 Å². The Hall–Kier alpha value is -1.72. The van der Waals surface area contributed by atoms with E-state index in [-0.39, 0.29) is 0 Å². The van der Waals surface area contributed by atoms with Gasteiger partial charge in [0.25, 0.3) is 0 Å². The van der Waals surface area contributed by atoms with Crippen LogP contribution < -0.4 is 0 Å². The smallest absolute Gasteiger partial charge is 0.435 e. The van der Waals surface area contributed by atoms with Crippen molar-refractivity contribution in [3.8, 4) is 0 Å². The normalized spacial score (nSPS) is 12.1. The summed E-state index contributed by atoms with van der Waals surface area (Å²) in [6.07, 6.45) is -1.09. The Morgan fingerprint density at radius 1 is 1.20 bits per heavy atom. The van der Waals surface area contributed by atoms with Gasteiger partial charge in [-0.1, -0.05) is 0 Å². The maximum atomic E-state index is 11.1. The third-order valence-corrected chi connectivity index (χ3v) is 1.13. The Morgan fingerprint density at radius 2 is 1.67 bits per heavy atom. The lowest BCUT2D eigenvalue weighted by molar-refractivity contribution is -0.130. The molecule has 0 aromatic carbocycles. The summed E-state index contributed by atoms with van der Waals surface area (Å²) in [5, 5.41) is 8.53. The Kier molecular flexibility index (Phi) is 4.14. The molecule has 0 saturated carbocycles. The number of carbonyl (C=O) groups excluding carboxylic acids is 2. The van der Waals surface area contributed by atoms with Crippen LogP contribution >= 0.6 is 0 Å². The fourth-order valence-corrected chi connectivity index (χ4v) is 0.653. The van der Waals surface area contributed by atoms with Crippen molar-refractivity contribution < 1.29 is 24.2 Å². The maximum absolute atomic E-state index is 11.1. The van der Waals surface area contributed by atoms with Gasteiger partial charge in [-0.15, -0.1) is 0 Å². The van der Waals surface area contributed by atoms with Crippen LogP contribution in [0, 0.1) is 0 Å². The van der Waals surface area contributed by atoms with Crippen molar-refractivity contribution in [3.63, 3.8) is 0 Å². The van der Waals surface area contributed by atoms with E-state index >= 15 is 0 Å². The number of carboxylic acid groups (broad SMARTS) is 1. The summed E-state index contributed by atoms with van der Waals surface area (Å²) in [7, 11) is 0. The van der Waals surface area contributed by atoms with Crippen LogP contribution in [0.25, 0.3) is 0 Å². The number of ketones is 1. The van der Waals surface area contributed by atoms with E-state index in [1.165, 1.54) is 0 Å². The van der Waals surface area contributed by atoms with Crippen molar-refractivity contribution >= 4 is 23.6 Å². The molecular formula is C9H13NO5. The number of Topliss-reactive ketones (excluding diaryl/α,β-unsaturated/α-hetero) is 1. The molecule has 0 aliphatic heterocycles. The lowest BCUT2D eigenvalue weighted by atomic mass is 10.2. The number of amides is 1. The van der Waals surface area contributed by atoms with E-state index in [4.69, 9.17) is 9.84 Å². The molecule has 84 valence electrons. The van der Waals surface area contributed by atoms with Crippen molar-refractivity contribution in [2.75, 3.05) is 0 Å². The molecule has 6 heteroatoms. The van der Waals surface area contributed by atoms with Gasteiger partial charge in [0.2, 0.25) is 0 Å². The summed E-state index contributed by atoms with van der Waals surface area (Å²) in [6, 6.07) is 0. The molecule has 0 unspecified atom stereocenters. The van der Waals surface area contributed by atoms with Crippen molar-refractivity contribution in [2.24, 2.45) is 4.99 Å². The van der Waals surface area contributed by atoms with Crippen LogP contribution in [0.15, 0.2) is 4.99 Å². The third kappa shape index (κ3) is 5.56. The first kappa shape index (κ1) is 13.3. The molecule has 0 spiro atoms. The minimum atomic E-state index is -1.55. The number of hydrogen-bond acceptors (Lipinski definition) is 4. The molecule has 0 radical (unpaired) electrons. The molecule has 0 aromatic rings. The quantitative estimate of drug-likeness (QED) is 0.548. The topological polar surface area (TPSA) is 93.0 Å². The van der Waals surface area contributed by atoms with Crippen LogP contribution in [-0.2, 0) is 14.3 Å². The van der Waals surface area contributed by atoms with E-state index in [9.17, 15) is 14.4 Å². The van der Waals surface area contributed by atoms with E-state index in [0.717, 1.165) is 6.92 Å². The van der Waals surface area contributed by atoms with E-state index in [1.807, 2.05) is 0 Å². The Labute approximate surface area is 86.9 Å². The van der Waals surface area contributed by atoms with Crippen LogP contribution in [0.4, 0.5) is 4.79 Å². The molecule has 1 amide bonds. The van der Waals surface area contributed by atoms with E-state index in [2.05, 4.69) is 4.99 Å². The number of carbonyl (C=O) groups is 3. The molecular weight excluding hydrogens is 202 g/mol. The molecule has 0 aliphatic carbocycles. The number of carboxylic acids is 1. The number of aliphatic imine (C=N–C) groups is 1. The highest BCUT2D eigenvalue weighted by Crippen LogP contribution is 2.08. The summed E-state index contributed by atoms with van der Waals surface area (Å²) >= 11 is 0. The number of ether oxygens (including phenoxy) is 1. The molecule has 0 saturated heterocycles. The van der Waals surface area contributed by atoms with Gasteiger partial charge in [0, 0.05) is 6.92 Å². The minimum absolute atomic E-state index is 0.777. The van der Waals surface area contributed by atoms with Gasteiger partial charge in [-0.2, -0.15) is 4.99 Å². The van der Waals surface area contributed by atoms with Crippen LogP contribution in [-0.4, -0.2) is 34.3 Å². The SMILES string of the molecule is CC(=O)/C(=N/C(=O)OC(C)(C)C)C(=O)O. The predicted molar refractivity (Wildman–Crippen MR) is 52.0 cm³/mol. The largest absolute Gasteiger partial charge is 0.476 e. The molecule has 0 atom stereocenters. The molecule has 0 bridgehead atoms. The third-order valence-electron chi connectivity index (χ3n) is 1.13. The van der Waals surface area contributed by atoms with E-state index in [1.54, 1.807) is 20.8 Å². The Morgan fingerprint density at radius 3 is 1.93 bits per heavy atom. The number of aliphatic carboxylic acids is 1. The van der Waals surface area contributed by atoms with Crippen molar-refractivity contribution in [2.45, 2.75) is 33.3 Å². The fourth-order valence-electron chi connectivity index (χ4n) is 0.653. The Bertz CT molecular complexity index is 308. The second-order valence-electron chi connectivity index (χ2n) is 3.80. The molecule has 15 heavy (non-hydrogen) atoms. The Balaban J connectivity index is 4.79. The van der Waals surface area contributed by atoms with E-state index < -0.39 is 29.2 Å². The van der Waals surface area contributed by atoms with Crippen molar-refractivity contribution in [3.05, 3.63) is 0 Å². The highest BCUT2D eigenvalue weighted by atomic mass is 16.6. The number of nitrogens with zero attached hydrogens (tertiary/aromatic N) is 1. The van der Waals surface area contributed by atoms with Gasteiger partial charge in [0.1, 0.15) is 5.60 Å². The summed E-state index contributed by atoms with van der Waals surface area (Å²) < 4.78 is 4.73.